The zero-order valence-electron chi connectivity index (χ0n) is 17.9. The number of benzene rings is 2. The number of nitrogens with one attached hydrogen (secondary N) is 1. The van der Waals surface area contributed by atoms with Gasteiger partial charge in [-0.3, -0.25) is 4.79 Å². The van der Waals surface area contributed by atoms with Crippen molar-refractivity contribution in [2.24, 2.45) is 5.92 Å². The highest BCUT2D eigenvalue weighted by molar-refractivity contribution is 5.88. The van der Waals surface area contributed by atoms with E-state index >= 15 is 0 Å². The van der Waals surface area contributed by atoms with Crippen LogP contribution in [0.2, 0.25) is 0 Å². The number of aliphatic hydroxyl groups is 1. The predicted octanol–water partition coefficient (Wildman–Crippen LogP) is 6.02. The smallest absolute Gasteiger partial charge is 0.396 e. The topological polar surface area (TPSA) is 49.3 Å². The monoisotopic (exact) mass is 473 g/mol. The SMILES string of the molecule is CC(NC(=O)[C@]1(c2ccccc2)CC[C@@H](CO)CC1)c1cc(C(F)(F)F)cc(C(F)(F)F)c1. The summed E-state index contributed by atoms with van der Waals surface area (Å²) in [5.74, 6) is -0.409. The molecule has 0 heterocycles. The Bertz CT molecular complexity index is 931. The summed E-state index contributed by atoms with van der Waals surface area (Å²) in [6.07, 6.45) is -7.94. The van der Waals surface area contributed by atoms with Gasteiger partial charge < -0.3 is 10.4 Å². The highest BCUT2D eigenvalue weighted by Crippen LogP contribution is 2.43. The third-order valence-electron chi connectivity index (χ3n) is 6.44. The molecule has 1 amide bonds. The van der Waals surface area contributed by atoms with Gasteiger partial charge >= 0.3 is 12.4 Å². The molecule has 3 nitrogen and oxygen atoms in total. The summed E-state index contributed by atoms with van der Waals surface area (Å²) >= 11 is 0. The lowest BCUT2D eigenvalue weighted by atomic mass is 9.66. The fourth-order valence-corrected chi connectivity index (χ4v) is 4.40. The van der Waals surface area contributed by atoms with Crippen LogP contribution in [0, 0.1) is 5.92 Å². The van der Waals surface area contributed by atoms with Crippen molar-refractivity contribution >= 4 is 5.91 Å². The standard InChI is InChI=1S/C24H25F6NO2/c1-15(17-11-19(23(25,26)27)13-20(12-17)24(28,29)30)31-21(33)22(18-5-3-2-4-6-18)9-7-16(14-32)8-10-22/h2-6,11-13,15-16,32H,7-10,14H2,1H3,(H,31,33)/t15?,16-,22-. The molecule has 0 spiro atoms. The fourth-order valence-electron chi connectivity index (χ4n) is 4.40. The second-order valence-corrected chi connectivity index (χ2v) is 8.61. The third kappa shape index (κ3) is 5.51. The number of hydrogen-bond donors (Lipinski definition) is 2. The number of rotatable bonds is 5. The largest absolute Gasteiger partial charge is 0.416 e. The van der Waals surface area contributed by atoms with E-state index in [9.17, 15) is 36.2 Å². The molecule has 2 N–H and O–H groups in total. The van der Waals surface area contributed by atoms with Gasteiger partial charge in [-0.15, -0.1) is 0 Å². The third-order valence-corrected chi connectivity index (χ3v) is 6.44. The Kier molecular flexibility index (Phi) is 7.12. The van der Waals surface area contributed by atoms with Crippen molar-refractivity contribution in [3.05, 3.63) is 70.8 Å². The Morgan fingerprint density at radius 2 is 1.52 bits per heavy atom. The van der Waals surface area contributed by atoms with Gasteiger partial charge in [0.25, 0.3) is 0 Å². The van der Waals surface area contributed by atoms with E-state index in [4.69, 9.17) is 0 Å². The molecule has 1 aliphatic rings. The fraction of sp³-hybridized carbons (Fsp3) is 0.458. The maximum absolute atomic E-state index is 13.4. The van der Waals surface area contributed by atoms with Crippen LogP contribution in [0.25, 0.3) is 0 Å². The van der Waals surface area contributed by atoms with E-state index in [-0.39, 0.29) is 24.2 Å². The van der Waals surface area contributed by atoms with Gasteiger partial charge in [0.1, 0.15) is 0 Å². The minimum atomic E-state index is -4.96. The average Bonchev–Trinajstić information content (AvgIpc) is 2.78. The van der Waals surface area contributed by atoms with Crippen molar-refractivity contribution in [3.8, 4) is 0 Å². The zero-order valence-corrected chi connectivity index (χ0v) is 17.9. The lowest BCUT2D eigenvalue weighted by Crippen LogP contribution is -2.47. The highest BCUT2D eigenvalue weighted by atomic mass is 19.4. The second-order valence-electron chi connectivity index (χ2n) is 8.61. The molecular formula is C24H25F6NO2. The Morgan fingerprint density at radius 1 is 1.00 bits per heavy atom. The van der Waals surface area contributed by atoms with E-state index in [1.807, 2.05) is 0 Å². The van der Waals surface area contributed by atoms with Crippen LogP contribution in [-0.4, -0.2) is 17.6 Å². The highest BCUT2D eigenvalue weighted by Gasteiger charge is 2.44. The summed E-state index contributed by atoms with van der Waals surface area (Å²) in [6.45, 7) is 1.36. The summed E-state index contributed by atoms with van der Waals surface area (Å²) in [7, 11) is 0. The summed E-state index contributed by atoms with van der Waals surface area (Å²) in [4.78, 5) is 13.4. The average molecular weight is 473 g/mol. The summed E-state index contributed by atoms with van der Waals surface area (Å²) in [5.41, 5.74) is -3.37. The first-order valence-corrected chi connectivity index (χ1v) is 10.6. The van der Waals surface area contributed by atoms with Gasteiger partial charge in [0.15, 0.2) is 0 Å². The molecule has 2 aromatic rings. The zero-order chi connectivity index (χ0) is 24.4. The van der Waals surface area contributed by atoms with E-state index in [1.165, 1.54) is 6.92 Å². The molecule has 1 saturated carbocycles. The van der Waals surface area contributed by atoms with Crippen LogP contribution < -0.4 is 5.32 Å². The number of carbonyl (C=O) groups is 1. The Balaban J connectivity index is 1.94. The van der Waals surface area contributed by atoms with Gasteiger partial charge in [0.05, 0.1) is 22.6 Å². The van der Waals surface area contributed by atoms with Crippen molar-refractivity contribution in [3.63, 3.8) is 0 Å². The molecule has 1 atom stereocenters. The maximum atomic E-state index is 13.4. The van der Waals surface area contributed by atoms with Crippen LogP contribution in [0.1, 0.15) is 60.9 Å². The molecule has 33 heavy (non-hydrogen) atoms. The maximum Gasteiger partial charge on any atom is 0.416 e. The number of alkyl halides is 6. The quantitative estimate of drug-likeness (QED) is 0.522. The van der Waals surface area contributed by atoms with E-state index in [0.29, 0.717) is 37.8 Å². The number of amides is 1. The van der Waals surface area contributed by atoms with Crippen molar-refractivity contribution < 1.29 is 36.2 Å². The predicted molar refractivity (Wildman–Crippen MR) is 110 cm³/mol. The molecule has 1 fully saturated rings. The molecule has 1 unspecified atom stereocenters. The van der Waals surface area contributed by atoms with Crippen molar-refractivity contribution in [2.75, 3.05) is 6.61 Å². The number of hydrogen-bond acceptors (Lipinski definition) is 2. The van der Waals surface area contributed by atoms with E-state index in [1.54, 1.807) is 30.3 Å². The van der Waals surface area contributed by atoms with Crippen LogP contribution >= 0.6 is 0 Å². The molecule has 180 valence electrons. The van der Waals surface area contributed by atoms with Crippen LogP contribution in [0.4, 0.5) is 26.3 Å². The molecule has 2 aromatic carbocycles. The van der Waals surface area contributed by atoms with Crippen LogP contribution in [0.3, 0.4) is 0 Å². The minimum Gasteiger partial charge on any atom is -0.396 e. The van der Waals surface area contributed by atoms with Crippen LogP contribution in [-0.2, 0) is 22.6 Å². The number of aliphatic hydroxyl groups excluding tert-OH is 1. The molecule has 0 radical (unpaired) electrons. The summed E-state index contributed by atoms with van der Waals surface area (Å²) in [5, 5.41) is 12.1. The first kappa shape index (κ1) is 25.1. The van der Waals surface area contributed by atoms with Crippen molar-refractivity contribution in [1.29, 1.82) is 0 Å². The Hall–Kier alpha value is -2.55. The van der Waals surface area contributed by atoms with Gasteiger partial charge in [-0.2, -0.15) is 26.3 Å². The van der Waals surface area contributed by atoms with E-state index in [2.05, 4.69) is 5.32 Å². The van der Waals surface area contributed by atoms with Crippen LogP contribution in [0.5, 0.6) is 0 Å². The minimum absolute atomic E-state index is 0.00660. The molecular weight excluding hydrogens is 448 g/mol. The van der Waals surface area contributed by atoms with Crippen molar-refractivity contribution in [1.82, 2.24) is 5.32 Å². The molecule has 0 bridgehead atoms. The van der Waals surface area contributed by atoms with Gasteiger partial charge in [-0.25, -0.2) is 0 Å². The lowest BCUT2D eigenvalue weighted by Gasteiger charge is -2.39. The molecule has 3 rings (SSSR count). The van der Waals surface area contributed by atoms with Crippen LogP contribution in [0.15, 0.2) is 48.5 Å². The summed E-state index contributed by atoms with van der Waals surface area (Å²) in [6, 6.07) is 9.17. The van der Waals surface area contributed by atoms with Crippen molar-refractivity contribution in [2.45, 2.75) is 56.4 Å². The molecule has 1 aliphatic carbocycles. The Labute approximate surface area is 187 Å². The number of carbonyl (C=O) groups excluding carboxylic acids is 1. The first-order valence-electron chi connectivity index (χ1n) is 10.6. The molecule has 0 saturated heterocycles. The Morgan fingerprint density at radius 3 is 1.97 bits per heavy atom. The summed E-state index contributed by atoms with van der Waals surface area (Å²) < 4.78 is 79.4. The number of halogens is 6. The molecule has 0 aromatic heterocycles. The van der Waals surface area contributed by atoms with Gasteiger partial charge in [0.2, 0.25) is 5.91 Å². The second kappa shape index (κ2) is 9.37. The van der Waals surface area contributed by atoms with E-state index < -0.39 is 40.8 Å². The van der Waals surface area contributed by atoms with E-state index in [0.717, 1.165) is 5.56 Å². The molecule has 9 heteroatoms. The van der Waals surface area contributed by atoms with Gasteiger partial charge in [-0.1, -0.05) is 30.3 Å². The lowest BCUT2D eigenvalue weighted by molar-refractivity contribution is -0.143. The van der Waals surface area contributed by atoms with Gasteiger partial charge in [-0.05, 0) is 67.9 Å². The molecule has 0 aliphatic heterocycles. The van der Waals surface area contributed by atoms with Gasteiger partial charge in [0, 0.05) is 6.61 Å². The normalized spacial score (nSPS) is 22.6. The first-order chi connectivity index (χ1) is 15.4.